The van der Waals surface area contributed by atoms with E-state index < -0.39 is 0 Å². The summed E-state index contributed by atoms with van der Waals surface area (Å²) in [6.45, 7) is 12.0. The molecule has 0 radical (unpaired) electrons. The van der Waals surface area contributed by atoms with Gasteiger partial charge in [-0.3, -0.25) is 0 Å². The number of benzene rings is 7. The van der Waals surface area contributed by atoms with Gasteiger partial charge in [-0.1, -0.05) is 119 Å². The molecule has 0 N–H and O–H groups in total. The molecule has 0 atom stereocenters. The van der Waals surface area contributed by atoms with Crippen molar-refractivity contribution >= 4 is 38.6 Å². The zero-order chi connectivity index (χ0) is 31.4. The Labute approximate surface area is 271 Å². The zero-order valence-electron chi connectivity index (χ0n) is 27.1. The minimum atomic E-state index is -0.152. The molecule has 222 valence electrons. The minimum Gasteiger partial charge on any atom is -0.310 e. The van der Waals surface area contributed by atoms with E-state index >= 15 is 0 Å². The molecule has 0 saturated carbocycles. The Morgan fingerprint density at radius 1 is 0.413 bits per heavy atom. The molecule has 0 amide bonds. The molecule has 2 aliphatic carbocycles. The normalized spacial score (nSPS) is 15.0. The summed E-state index contributed by atoms with van der Waals surface area (Å²) in [5.74, 6) is 0. The molecule has 9 rings (SSSR count). The number of aryl methyl sites for hydroxylation is 1. The van der Waals surface area contributed by atoms with E-state index in [-0.39, 0.29) is 10.8 Å². The molecule has 0 spiro atoms. The van der Waals surface area contributed by atoms with Crippen molar-refractivity contribution in [1.29, 1.82) is 0 Å². The van der Waals surface area contributed by atoms with Gasteiger partial charge in [0.1, 0.15) is 0 Å². The predicted molar refractivity (Wildman–Crippen MR) is 196 cm³/mol. The molecule has 0 fully saturated rings. The summed E-state index contributed by atoms with van der Waals surface area (Å²) in [6, 6.07) is 49.6. The summed E-state index contributed by atoms with van der Waals surface area (Å²) in [5, 5.41) is 5.34. The fraction of sp³-hybridized carbons (Fsp3) is 0.156. The zero-order valence-corrected chi connectivity index (χ0v) is 27.1. The Hall–Kier alpha value is -5.14. The average molecular weight is 592 g/mol. The number of para-hydroxylation sites is 2. The van der Waals surface area contributed by atoms with Crippen LogP contribution in [-0.4, -0.2) is 0 Å². The highest BCUT2D eigenvalue weighted by molar-refractivity contribution is 6.08. The molecule has 46 heavy (non-hydrogen) atoms. The van der Waals surface area contributed by atoms with Crippen LogP contribution >= 0.6 is 0 Å². The maximum atomic E-state index is 2.55. The van der Waals surface area contributed by atoms with E-state index in [9.17, 15) is 0 Å². The van der Waals surface area contributed by atoms with Crippen molar-refractivity contribution in [3.8, 4) is 22.3 Å². The number of nitrogens with zero attached hydrogens (tertiary/aromatic N) is 1. The van der Waals surface area contributed by atoms with Crippen LogP contribution in [0.5, 0.6) is 0 Å². The van der Waals surface area contributed by atoms with E-state index in [4.69, 9.17) is 0 Å². The monoisotopic (exact) mass is 591 g/mol. The maximum absolute atomic E-state index is 2.55. The third kappa shape index (κ3) is 3.57. The third-order valence-electron chi connectivity index (χ3n) is 10.9. The van der Waals surface area contributed by atoms with Crippen molar-refractivity contribution in [2.75, 3.05) is 4.90 Å². The third-order valence-corrected chi connectivity index (χ3v) is 10.9. The first kappa shape index (κ1) is 27.2. The van der Waals surface area contributed by atoms with Crippen LogP contribution in [0.1, 0.15) is 55.5 Å². The molecule has 1 nitrogen and oxygen atoms in total. The van der Waals surface area contributed by atoms with Gasteiger partial charge in [-0.2, -0.15) is 0 Å². The fourth-order valence-electron chi connectivity index (χ4n) is 8.80. The van der Waals surface area contributed by atoms with E-state index in [0.29, 0.717) is 0 Å². The first-order chi connectivity index (χ1) is 22.3. The molecule has 0 unspecified atom stereocenters. The molecule has 0 heterocycles. The standard InChI is InChI=1S/C45H37N/c1-28-24-37-35-25-40-36(26-39(35)44(2,3)42(37)33-22-14-12-20-31(28)33)38-27-41(32-21-13-15-23-34(32)43(38)45(40,4)5)46(29-16-8-6-9-17-29)30-18-10-7-11-19-30/h6-27H,1-5H3. The van der Waals surface area contributed by atoms with E-state index in [2.05, 4.69) is 173 Å². The van der Waals surface area contributed by atoms with Crippen LogP contribution in [0.4, 0.5) is 17.1 Å². The smallest absolute Gasteiger partial charge is 0.0546 e. The maximum Gasteiger partial charge on any atom is 0.0546 e. The lowest BCUT2D eigenvalue weighted by atomic mass is 9.78. The summed E-state index contributed by atoms with van der Waals surface area (Å²) in [7, 11) is 0. The highest BCUT2D eigenvalue weighted by Gasteiger charge is 2.43. The summed E-state index contributed by atoms with van der Waals surface area (Å²) in [4.78, 5) is 2.43. The lowest BCUT2D eigenvalue weighted by Crippen LogP contribution is -2.17. The molecule has 7 aromatic carbocycles. The number of hydrogen-bond acceptors (Lipinski definition) is 1. The Kier molecular flexibility index (Phi) is 5.58. The topological polar surface area (TPSA) is 3.24 Å². The van der Waals surface area contributed by atoms with E-state index in [0.717, 1.165) is 11.4 Å². The first-order valence-corrected chi connectivity index (χ1v) is 16.5. The molecular formula is C45H37N. The van der Waals surface area contributed by atoms with Crippen molar-refractivity contribution in [2.45, 2.75) is 45.4 Å². The van der Waals surface area contributed by atoms with Crippen LogP contribution in [0, 0.1) is 6.92 Å². The van der Waals surface area contributed by atoms with Crippen LogP contribution in [0.3, 0.4) is 0 Å². The summed E-state index contributed by atoms with van der Waals surface area (Å²) in [6.07, 6.45) is 0. The largest absolute Gasteiger partial charge is 0.310 e. The Balaban J connectivity index is 1.34. The van der Waals surface area contributed by atoms with Gasteiger partial charge in [0, 0.05) is 27.6 Å². The highest BCUT2D eigenvalue weighted by Crippen LogP contribution is 2.59. The van der Waals surface area contributed by atoms with Crippen LogP contribution in [0.15, 0.2) is 133 Å². The van der Waals surface area contributed by atoms with Gasteiger partial charge in [0.05, 0.1) is 5.69 Å². The first-order valence-electron chi connectivity index (χ1n) is 16.5. The van der Waals surface area contributed by atoms with Crippen molar-refractivity contribution in [3.05, 3.63) is 161 Å². The summed E-state index contributed by atoms with van der Waals surface area (Å²) in [5.41, 5.74) is 15.9. The summed E-state index contributed by atoms with van der Waals surface area (Å²) >= 11 is 0. The Bertz CT molecular complexity index is 2320. The van der Waals surface area contributed by atoms with Crippen molar-refractivity contribution < 1.29 is 0 Å². The van der Waals surface area contributed by atoms with Crippen molar-refractivity contribution in [3.63, 3.8) is 0 Å². The van der Waals surface area contributed by atoms with Crippen LogP contribution in [0.2, 0.25) is 0 Å². The number of rotatable bonds is 3. The molecular weight excluding hydrogens is 555 g/mol. The average Bonchev–Trinajstić information content (AvgIpc) is 3.44. The lowest BCUT2D eigenvalue weighted by Gasteiger charge is -2.29. The molecule has 0 aliphatic heterocycles. The number of fused-ring (bicyclic) bond motifs is 10. The van der Waals surface area contributed by atoms with Crippen molar-refractivity contribution in [1.82, 2.24) is 0 Å². The Morgan fingerprint density at radius 2 is 0.826 bits per heavy atom. The Morgan fingerprint density at radius 3 is 1.35 bits per heavy atom. The van der Waals surface area contributed by atoms with Gasteiger partial charge in [-0.25, -0.2) is 0 Å². The molecule has 0 bridgehead atoms. The van der Waals surface area contributed by atoms with E-state index in [1.807, 2.05) is 0 Å². The molecule has 0 saturated heterocycles. The van der Waals surface area contributed by atoms with E-state index in [1.54, 1.807) is 0 Å². The quantitative estimate of drug-likeness (QED) is 0.198. The molecule has 2 aliphatic rings. The van der Waals surface area contributed by atoms with Crippen LogP contribution in [-0.2, 0) is 10.8 Å². The van der Waals surface area contributed by atoms with Gasteiger partial charge < -0.3 is 4.90 Å². The van der Waals surface area contributed by atoms with Crippen LogP contribution < -0.4 is 4.90 Å². The van der Waals surface area contributed by atoms with Crippen molar-refractivity contribution in [2.24, 2.45) is 0 Å². The minimum absolute atomic E-state index is 0.111. The number of hydrogen-bond donors (Lipinski definition) is 0. The van der Waals surface area contributed by atoms with Gasteiger partial charge in [0.25, 0.3) is 0 Å². The SMILES string of the molecule is Cc1cc2c(c3ccccc13)C(C)(C)c1cc3c(cc1-2)C(C)(C)c1c-3cc(N(c2ccccc2)c2ccccc2)c2ccccc12. The molecule has 7 aromatic rings. The van der Waals surface area contributed by atoms with Gasteiger partial charge in [-0.15, -0.1) is 0 Å². The van der Waals surface area contributed by atoms with Gasteiger partial charge >= 0.3 is 0 Å². The van der Waals surface area contributed by atoms with Gasteiger partial charge in [0.15, 0.2) is 0 Å². The number of anilines is 3. The predicted octanol–water partition coefficient (Wildman–Crippen LogP) is 12.4. The summed E-state index contributed by atoms with van der Waals surface area (Å²) < 4.78 is 0. The fourth-order valence-corrected chi connectivity index (χ4v) is 8.80. The second-order valence-electron chi connectivity index (χ2n) is 14.2. The molecule has 1 heteroatoms. The lowest BCUT2D eigenvalue weighted by molar-refractivity contribution is 0.657. The molecule has 0 aromatic heterocycles. The van der Waals surface area contributed by atoms with Gasteiger partial charge in [-0.05, 0) is 116 Å². The van der Waals surface area contributed by atoms with E-state index in [1.165, 1.54) is 77.3 Å². The van der Waals surface area contributed by atoms with Gasteiger partial charge in [0.2, 0.25) is 0 Å². The second-order valence-corrected chi connectivity index (χ2v) is 14.2. The van der Waals surface area contributed by atoms with Crippen LogP contribution in [0.25, 0.3) is 43.8 Å². The highest BCUT2D eigenvalue weighted by atomic mass is 15.1. The second kappa shape index (κ2) is 9.44.